The molecule has 6 nitrogen and oxygen atoms in total. The molecule has 1 aromatic carbocycles. The lowest BCUT2D eigenvalue weighted by atomic mass is 10.1. The highest BCUT2D eigenvalue weighted by Crippen LogP contribution is 2.20. The second-order valence-corrected chi connectivity index (χ2v) is 6.12. The number of nitrogens with zero attached hydrogens (tertiary/aromatic N) is 1. The van der Waals surface area contributed by atoms with Crippen molar-refractivity contribution in [1.29, 1.82) is 0 Å². The van der Waals surface area contributed by atoms with Gasteiger partial charge in [-0.25, -0.2) is 8.42 Å². The number of anilines is 1. The molecule has 0 unspecified atom stereocenters. The molecule has 3 N–H and O–H groups in total. The Bertz CT molecular complexity index is 666. The van der Waals surface area contributed by atoms with Gasteiger partial charge in [-0.3, -0.25) is 9.82 Å². The van der Waals surface area contributed by atoms with Gasteiger partial charge < -0.3 is 5.32 Å². The van der Waals surface area contributed by atoms with Crippen LogP contribution in [0.25, 0.3) is 0 Å². The molecule has 0 aliphatic rings. The molecule has 0 atom stereocenters. The number of benzene rings is 1. The number of aromatic amines is 1. The van der Waals surface area contributed by atoms with Gasteiger partial charge in [0.2, 0.25) is 0 Å². The summed E-state index contributed by atoms with van der Waals surface area (Å²) in [4.78, 5) is 0.286. The monoisotopic (exact) mass is 294 g/mol. The van der Waals surface area contributed by atoms with Gasteiger partial charge in [0.1, 0.15) is 0 Å². The van der Waals surface area contributed by atoms with E-state index in [1.807, 2.05) is 19.1 Å². The predicted octanol–water partition coefficient (Wildman–Crippen LogP) is 1.63. The number of hydrogen-bond acceptors (Lipinski definition) is 4. The normalized spacial score (nSPS) is 11.5. The highest BCUT2D eigenvalue weighted by Gasteiger charge is 2.17. The Morgan fingerprint density at radius 1 is 1.35 bits per heavy atom. The van der Waals surface area contributed by atoms with Crippen LogP contribution in [0.15, 0.2) is 35.5 Å². The van der Waals surface area contributed by atoms with Gasteiger partial charge in [-0.2, -0.15) is 5.10 Å². The Labute approximate surface area is 118 Å². The Morgan fingerprint density at radius 3 is 2.80 bits per heavy atom. The molecule has 0 aliphatic carbocycles. The van der Waals surface area contributed by atoms with E-state index in [2.05, 4.69) is 20.2 Å². The van der Waals surface area contributed by atoms with Crippen molar-refractivity contribution in [2.75, 3.05) is 11.3 Å². The van der Waals surface area contributed by atoms with E-state index in [9.17, 15) is 8.42 Å². The van der Waals surface area contributed by atoms with Crippen LogP contribution >= 0.6 is 0 Å². The summed E-state index contributed by atoms with van der Waals surface area (Å²) < 4.78 is 27.2. The van der Waals surface area contributed by atoms with Crippen molar-refractivity contribution in [3.63, 3.8) is 0 Å². The minimum Gasteiger partial charge on any atom is -0.313 e. The van der Waals surface area contributed by atoms with Gasteiger partial charge in [-0.15, -0.1) is 0 Å². The molecule has 0 spiro atoms. The predicted molar refractivity (Wildman–Crippen MR) is 78.0 cm³/mol. The van der Waals surface area contributed by atoms with E-state index in [4.69, 9.17) is 0 Å². The Balaban J connectivity index is 2.30. The maximum atomic E-state index is 12.4. The van der Waals surface area contributed by atoms with Crippen LogP contribution < -0.4 is 10.0 Å². The Kier molecular flexibility index (Phi) is 4.41. The van der Waals surface area contributed by atoms with E-state index in [1.54, 1.807) is 13.0 Å². The zero-order valence-electron chi connectivity index (χ0n) is 11.5. The lowest BCUT2D eigenvalue weighted by molar-refractivity contribution is 0.600. The number of aromatic nitrogens is 2. The fourth-order valence-electron chi connectivity index (χ4n) is 1.83. The molecule has 2 aromatic rings. The summed E-state index contributed by atoms with van der Waals surface area (Å²) >= 11 is 0. The molecule has 0 amide bonds. The first-order valence-corrected chi connectivity index (χ1v) is 7.83. The molecule has 1 heterocycles. The van der Waals surface area contributed by atoms with E-state index in [0.29, 0.717) is 17.8 Å². The summed E-state index contributed by atoms with van der Waals surface area (Å²) in [5.74, 6) is 0. The Hall–Kier alpha value is -1.86. The lowest BCUT2D eigenvalue weighted by Crippen LogP contribution is -2.16. The molecule has 1 aromatic heterocycles. The minimum absolute atomic E-state index is 0.286. The number of hydrogen-bond donors (Lipinski definition) is 3. The molecular weight excluding hydrogens is 276 g/mol. The number of aryl methyl sites for hydroxylation is 1. The summed E-state index contributed by atoms with van der Waals surface area (Å²) in [6.07, 6.45) is 2.92. The molecule has 2 rings (SSSR count). The SMILES string of the molecule is CCNCc1ccc(C)c(S(=O)(=O)Nc2cn[nH]c2)c1. The topological polar surface area (TPSA) is 86.9 Å². The van der Waals surface area contributed by atoms with Gasteiger partial charge in [-0.05, 0) is 30.7 Å². The van der Waals surface area contributed by atoms with Gasteiger partial charge in [0.15, 0.2) is 0 Å². The van der Waals surface area contributed by atoms with Crippen molar-refractivity contribution >= 4 is 15.7 Å². The fourth-order valence-corrected chi connectivity index (χ4v) is 3.16. The van der Waals surface area contributed by atoms with E-state index < -0.39 is 10.0 Å². The van der Waals surface area contributed by atoms with Crippen LogP contribution in [0.4, 0.5) is 5.69 Å². The Morgan fingerprint density at radius 2 is 2.15 bits per heavy atom. The van der Waals surface area contributed by atoms with E-state index in [1.165, 1.54) is 12.4 Å². The second-order valence-electron chi connectivity index (χ2n) is 4.47. The average Bonchev–Trinajstić information content (AvgIpc) is 2.89. The average molecular weight is 294 g/mol. The highest BCUT2D eigenvalue weighted by molar-refractivity contribution is 7.92. The van der Waals surface area contributed by atoms with Crippen molar-refractivity contribution in [2.24, 2.45) is 0 Å². The van der Waals surface area contributed by atoms with Crippen molar-refractivity contribution in [3.05, 3.63) is 41.7 Å². The van der Waals surface area contributed by atoms with Crippen LogP contribution in [0.2, 0.25) is 0 Å². The molecule has 0 bridgehead atoms. The van der Waals surface area contributed by atoms with Crippen LogP contribution in [0.3, 0.4) is 0 Å². The largest absolute Gasteiger partial charge is 0.313 e. The van der Waals surface area contributed by atoms with Crippen LogP contribution in [-0.4, -0.2) is 25.2 Å². The maximum absolute atomic E-state index is 12.4. The van der Waals surface area contributed by atoms with Crippen molar-refractivity contribution in [3.8, 4) is 0 Å². The first-order chi connectivity index (χ1) is 9.53. The summed E-state index contributed by atoms with van der Waals surface area (Å²) in [5, 5.41) is 9.47. The third-order valence-corrected chi connectivity index (χ3v) is 4.39. The van der Waals surface area contributed by atoms with Gasteiger partial charge in [0, 0.05) is 12.7 Å². The summed E-state index contributed by atoms with van der Waals surface area (Å²) in [5.41, 5.74) is 2.06. The molecule has 0 fully saturated rings. The van der Waals surface area contributed by atoms with Crippen LogP contribution in [-0.2, 0) is 16.6 Å². The van der Waals surface area contributed by atoms with E-state index in [-0.39, 0.29) is 4.90 Å². The van der Waals surface area contributed by atoms with Gasteiger partial charge in [0.25, 0.3) is 10.0 Å². The lowest BCUT2D eigenvalue weighted by Gasteiger charge is -2.11. The second kappa shape index (κ2) is 6.06. The smallest absolute Gasteiger partial charge is 0.262 e. The van der Waals surface area contributed by atoms with Crippen LogP contribution in [0.1, 0.15) is 18.1 Å². The highest BCUT2D eigenvalue weighted by atomic mass is 32.2. The molecule has 0 saturated heterocycles. The molecule has 7 heteroatoms. The number of rotatable bonds is 6. The summed E-state index contributed by atoms with van der Waals surface area (Å²) in [6, 6.07) is 5.44. The molecule has 108 valence electrons. The number of sulfonamides is 1. The van der Waals surface area contributed by atoms with Gasteiger partial charge in [-0.1, -0.05) is 19.1 Å². The van der Waals surface area contributed by atoms with E-state index >= 15 is 0 Å². The standard InChI is InChI=1S/C13H18N4O2S/c1-3-14-7-11-5-4-10(2)13(6-11)20(18,19)17-12-8-15-16-9-12/h4-6,8-9,14,17H,3,7H2,1-2H3,(H,15,16). The molecular formula is C13H18N4O2S. The molecule has 0 saturated carbocycles. The molecule has 0 aliphatic heterocycles. The zero-order valence-corrected chi connectivity index (χ0v) is 12.3. The molecule has 20 heavy (non-hydrogen) atoms. The fraction of sp³-hybridized carbons (Fsp3) is 0.308. The van der Waals surface area contributed by atoms with E-state index in [0.717, 1.165) is 12.1 Å². The van der Waals surface area contributed by atoms with Gasteiger partial charge >= 0.3 is 0 Å². The third-order valence-electron chi connectivity index (χ3n) is 2.87. The number of H-pyrrole nitrogens is 1. The summed E-state index contributed by atoms with van der Waals surface area (Å²) in [7, 11) is -3.60. The van der Waals surface area contributed by atoms with Crippen molar-refractivity contribution in [1.82, 2.24) is 15.5 Å². The quantitative estimate of drug-likeness (QED) is 0.755. The maximum Gasteiger partial charge on any atom is 0.262 e. The molecule has 0 radical (unpaired) electrons. The summed E-state index contributed by atoms with van der Waals surface area (Å²) in [6.45, 7) is 5.27. The van der Waals surface area contributed by atoms with Crippen LogP contribution in [0, 0.1) is 6.92 Å². The third kappa shape index (κ3) is 3.37. The number of nitrogens with one attached hydrogen (secondary N) is 3. The first kappa shape index (κ1) is 14.5. The van der Waals surface area contributed by atoms with Crippen LogP contribution in [0.5, 0.6) is 0 Å². The minimum atomic E-state index is -3.60. The van der Waals surface area contributed by atoms with Gasteiger partial charge in [0.05, 0.1) is 16.8 Å². The zero-order chi connectivity index (χ0) is 14.6. The first-order valence-electron chi connectivity index (χ1n) is 6.35. The van der Waals surface area contributed by atoms with Crippen molar-refractivity contribution in [2.45, 2.75) is 25.3 Å². The van der Waals surface area contributed by atoms with Crippen molar-refractivity contribution < 1.29 is 8.42 Å².